The van der Waals surface area contributed by atoms with Gasteiger partial charge in [-0.2, -0.15) is 0 Å². The lowest BCUT2D eigenvalue weighted by molar-refractivity contribution is -0.102. The number of alkyl halides is 1. The van der Waals surface area contributed by atoms with E-state index in [1.165, 1.54) is 30.3 Å². The van der Waals surface area contributed by atoms with Gasteiger partial charge in [0.1, 0.15) is 22.8 Å². The van der Waals surface area contributed by atoms with Gasteiger partial charge in [-0.05, 0) is 12.1 Å². The van der Waals surface area contributed by atoms with E-state index < -0.39 is 17.6 Å². The predicted molar refractivity (Wildman–Crippen MR) is 90.2 cm³/mol. The second-order valence-electron chi connectivity index (χ2n) is 5.80. The van der Waals surface area contributed by atoms with Gasteiger partial charge in [-0.25, -0.2) is 8.78 Å². The van der Waals surface area contributed by atoms with Crippen LogP contribution in [0.3, 0.4) is 0 Å². The predicted octanol–water partition coefficient (Wildman–Crippen LogP) is 3.33. The SMILES string of the molecule is NC(=O)c1c(-c2ccccc2F)noc1CCC(O)(F)c1ccccc1. The molecule has 5 nitrogen and oxygen atoms in total. The van der Waals surface area contributed by atoms with Crippen LogP contribution in [0.25, 0.3) is 11.3 Å². The number of halogens is 2. The van der Waals surface area contributed by atoms with Crippen molar-refractivity contribution in [2.75, 3.05) is 0 Å². The van der Waals surface area contributed by atoms with E-state index in [0.717, 1.165) is 0 Å². The Morgan fingerprint density at radius 1 is 1.15 bits per heavy atom. The Hall–Kier alpha value is -3.06. The van der Waals surface area contributed by atoms with E-state index in [9.17, 15) is 18.7 Å². The minimum atomic E-state index is -2.62. The number of carbonyl (C=O) groups is 1. The Morgan fingerprint density at radius 3 is 2.46 bits per heavy atom. The number of benzene rings is 2. The van der Waals surface area contributed by atoms with Crippen LogP contribution in [-0.2, 0) is 12.3 Å². The zero-order valence-electron chi connectivity index (χ0n) is 13.7. The number of primary amides is 1. The molecule has 0 saturated heterocycles. The third kappa shape index (κ3) is 3.48. The fourth-order valence-corrected chi connectivity index (χ4v) is 2.70. The quantitative estimate of drug-likeness (QED) is 0.707. The van der Waals surface area contributed by atoms with Crippen molar-refractivity contribution in [3.8, 4) is 11.3 Å². The minimum Gasteiger partial charge on any atom is -0.365 e. The molecule has 0 aliphatic carbocycles. The van der Waals surface area contributed by atoms with Crippen molar-refractivity contribution in [2.45, 2.75) is 18.7 Å². The molecule has 1 heterocycles. The monoisotopic (exact) mass is 358 g/mol. The van der Waals surface area contributed by atoms with Crippen LogP contribution in [0.1, 0.15) is 28.1 Å². The summed E-state index contributed by atoms with van der Waals surface area (Å²) in [6.07, 6.45) is -0.537. The lowest BCUT2D eigenvalue weighted by Crippen LogP contribution is -2.21. The molecule has 1 amide bonds. The second-order valence-corrected chi connectivity index (χ2v) is 5.80. The van der Waals surface area contributed by atoms with Crippen LogP contribution >= 0.6 is 0 Å². The summed E-state index contributed by atoms with van der Waals surface area (Å²) in [5.74, 6) is -4.10. The molecule has 3 N–H and O–H groups in total. The van der Waals surface area contributed by atoms with Crippen LogP contribution < -0.4 is 5.73 Å². The molecule has 0 bridgehead atoms. The van der Waals surface area contributed by atoms with Gasteiger partial charge in [-0.3, -0.25) is 4.79 Å². The first-order valence-corrected chi connectivity index (χ1v) is 7.90. The van der Waals surface area contributed by atoms with E-state index in [4.69, 9.17) is 10.3 Å². The normalized spacial score (nSPS) is 13.3. The van der Waals surface area contributed by atoms with E-state index in [0.29, 0.717) is 0 Å². The van der Waals surface area contributed by atoms with Gasteiger partial charge in [0.15, 0.2) is 0 Å². The summed E-state index contributed by atoms with van der Waals surface area (Å²) in [4.78, 5) is 11.8. The fraction of sp³-hybridized carbons (Fsp3) is 0.158. The van der Waals surface area contributed by atoms with Gasteiger partial charge in [0, 0.05) is 24.0 Å². The summed E-state index contributed by atoms with van der Waals surface area (Å²) in [5, 5.41) is 13.8. The van der Waals surface area contributed by atoms with Crippen molar-refractivity contribution in [3.05, 3.63) is 77.3 Å². The number of aromatic nitrogens is 1. The summed E-state index contributed by atoms with van der Waals surface area (Å²) < 4.78 is 33.6. The molecule has 0 fully saturated rings. The highest BCUT2D eigenvalue weighted by molar-refractivity contribution is 5.99. The molecular weight excluding hydrogens is 342 g/mol. The molecule has 1 atom stereocenters. The zero-order chi connectivity index (χ0) is 18.7. The van der Waals surface area contributed by atoms with Gasteiger partial charge >= 0.3 is 0 Å². The smallest absolute Gasteiger partial charge is 0.254 e. The Balaban J connectivity index is 1.90. The first-order valence-electron chi connectivity index (χ1n) is 7.90. The van der Waals surface area contributed by atoms with Crippen LogP contribution in [0, 0.1) is 5.82 Å². The third-order valence-electron chi connectivity index (χ3n) is 4.04. The molecule has 0 saturated carbocycles. The van der Waals surface area contributed by atoms with Crippen molar-refractivity contribution in [1.82, 2.24) is 5.16 Å². The van der Waals surface area contributed by atoms with Crippen molar-refractivity contribution in [2.24, 2.45) is 5.73 Å². The van der Waals surface area contributed by atoms with Gasteiger partial charge in [-0.15, -0.1) is 0 Å². The maximum atomic E-state index is 14.6. The Morgan fingerprint density at radius 2 is 1.81 bits per heavy atom. The fourth-order valence-electron chi connectivity index (χ4n) is 2.70. The summed E-state index contributed by atoms with van der Waals surface area (Å²) >= 11 is 0. The van der Waals surface area contributed by atoms with Crippen LogP contribution in [0.15, 0.2) is 59.1 Å². The molecule has 1 unspecified atom stereocenters. The number of amides is 1. The molecule has 0 aliphatic heterocycles. The van der Waals surface area contributed by atoms with E-state index >= 15 is 0 Å². The van der Waals surface area contributed by atoms with Crippen molar-refractivity contribution >= 4 is 5.91 Å². The molecule has 1 aromatic heterocycles. The third-order valence-corrected chi connectivity index (χ3v) is 4.04. The highest BCUT2D eigenvalue weighted by Gasteiger charge is 2.31. The molecule has 7 heteroatoms. The van der Waals surface area contributed by atoms with E-state index in [-0.39, 0.29) is 41.0 Å². The summed E-state index contributed by atoms with van der Waals surface area (Å²) in [6, 6.07) is 13.5. The van der Waals surface area contributed by atoms with Gasteiger partial charge in [-0.1, -0.05) is 47.6 Å². The molecule has 134 valence electrons. The number of hydrogen-bond acceptors (Lipinski definition) is 4. The molecule has 0 radical (unpaired) electrons. The minimum absolute atomic E-state index is 0.0113. The van der Waals surface area contributed by atoms with Crippen molar-refractivity contribution in [3.63, 3.8) is 0 Å². The average molecular weight is 358 g/mol. The molecule has 26 heavy (non-hydrogen) atoms. The molecule has 2 aromatic carbocycles. The van der Waals surface area contributed by atoms with Crippen molar-refractivity contribution < 1.29 is 23.2 Å². The van der Waals surface area contributed by atoms with Crippen LogP contribution in [-0.4, -0.2) is 16.2 Å². The standard InChI is InChI=1S/C19H16F2N2O3/c20-14-9-5-4-8-13(14)17-16(18(22)24)15(26-23-17)10-11-19(21,25)12-6-2-1-3-7-12/h1-9,25H,10-11H2,(H2,22,24). The topological polar surface area (TPSA) is 89.4 Å². The van der Waals surface area contributed by atoms with Gasteiger partial charge < -0.3 is 15.4 Å². The van der Waals surface area contributed by atoms with Gasteiger partial charge in [0.25, 0.3) is 5.91 Å². The van der Waals surface area contributed by atoms with Crippen LogP contribution in [0.5, 0.6) is 0 Å². The number of carbonyl (C=O) groups excluding carboxylic acids is 1. The summed E-state index contributed by atoms with van der Waals surface area (Å²) in [7, 11) is 0. The number of aryl methyl sites for hydroxylation is 1. The van der Waals surface area contributed by atoms with Gasteiger partial charge in [0.2, 0.25) is 5.85 Å². The molecule has 3 rings (SSSR count). The Kier molecular flexibility index (Phi) is 4.81. The first-order chi connectivity index (χ1) is 12.4. The molecular formula is C19H16F2N2O3. The summed E-state index contributed by atoms with van der Waals surface area (Å²) in [5.41, 5.74) is 5.33. The maximum absolute atomic E-state index is 14.6. The molecule has 3 aromatic rings. The van der Waals surface area contributed by atoms with Crippen LogP contribution in [0.4, 0.5) is 8.78 Å². The highest BCUT2D eigenvalue weighted by Crippen LogP contribution is 2.32. The van der Waals surface area contributed by atoms with E-state index in [2.05, 4.69) is 5.16 Å². The molecule has 0 aliphatic rings. The average Bonchev–Trinajstić information content (AvgIpc) is 3.05. The van der Waals surface area contributed by atoms with Gasteiger partial charge in [0.05, 0.1) is 0 Å². The number of nitrogens with two attached hydrogens (primary N) is 1. The Labute approximate surface area is 148 Å². The lowest BCUT2D eigenvalue weighted by atomic mass is 9.98. The number of nitrogens with zero attached hydrogens (tertiary/aromatic N) is 1. The number of rotatable bonds is 6. The molecule has 0 spiro atoms. The Bertz CT molecular complexity index is 924. The number of hydrogen-bond donors (Lipinski definition) is 2. The van der Waals surface area contributed by atoms with E-state index in [1.54, 1.807) is 24.3 Å². The van der Waals surface area contributed by atoms with Crippen LogP contribution in [0.2, 0.25) is 0 Å². The lowest BCUT2D eigenvalue weighted by Gasteiger charge is -2.18. The maximum Gasteiger partial charge on any atom is 0.254 e. The van der Waals surface area contributed by atoms with E-state index in [1.807, 2.05) is 0 Å². The summed E-state index contributed by atoms with van der Waals surface area (Å²) in [6.45, 7) is 0. The van der Waals surface area contributed by atoms with Crippen molar-refractivity contribution in [1.29, 1.82) is 0 Å². The largest absolute Gasteiger partial charge is 0.365 e. The zero-order valence-corrected chi connectivity index (χ0v) is 13.7. The second kappa shape index (κ2) is 7.05. The first kappa shape index (κ1) is 17.8. The highest BCUT2D eigenvalue weighted by atomic mass is 19.2. The number of aliphatic hydroxyl groups is 1.